The molecule has 0 aliphatic carbocycles. The van der Waals surface area contributed by atoms with Crippen molar-refractivity contribution in [3.8, 4) is 0 Å². The molecule has 1 rings (SSSR count). The molecule has 0 spiro atoms. The average Bonchev–Trinajstić information content (AvgIpc) is 2.42. The third-order valence-electron chi connectivity index (χ3n) is 3.05. The van der Waals surface area contributed by atoms with Crippen LogP contribution in [0.1, 0.15) is 52.2 Å². The number of hydrogen-bond acceptors (Lipinski definition) is 1. The molecule has 1 nitrogen and oxygen atoms in total. The van der Waals surface area contributed by atoms with Crippen molar-refractivity contribution in [1.29, 1.82) is 0 Å². The van der Waals surface area contributed by atoms with Crippen molar-refractivity contribution in [2.45, 2.75) is 48.0 Å². The second kappa shape index (κ2) is 8.68. The van der Waals surface area contributed by atoms with E-state index >= 15 is 0 Å². The van der Waals surface area contributed by atoms with Crippen LogP contribution in [0.5, 0.6) is 0 Å². The smallest absolute Gasteiger partial charge is 0.165 e. The van der Waals surface area contributed by atoms with Crippen molar-refractivity contribution in [3.05, 3.63) is 41.5 Å². The molecule has 0 fully saturated rings. The lowest BCUT2D eigenvalue weighted by Crippen LogP contribution is -2.12. The van der Waals surface area contributed by atoms with Crippen LogP contribution in [0, 0.1) is 12.8 Å². The third kappa shape index (κ3) is 4.14. The lowest BCUT2D eigenvalue weighted by atomic mass is 9.90. The Hall–Kier alpha value is -1.37. The third-order valence-corrected chi connectivity index (χ3v) is 3.05. The average molecular weight is 246 g/mol. The van der Waals surface area contributed by atoms with E-state index in [-0.39, 0.29) is 11.7 Å². The summed E-state index contributed by atoms with van der Waals surface area (Å²) >= 11 is 0. The fourth-order valence-corrected chi connectivity index (χ4v) is 1.76. The van der Waals surface area contributed by atoms with Crippen molar-refractivity contribution >= 4 is 11.4 Å². The van der Waals surface area contributed by atoms with E-state index in [0.717, 1.165) is 23.1 Å². The number of carbonyl (C=O) groups excluding carboxylic acids is 1. The molecule has 1 aromatic rings. The van der Waals surface area contributed by atoms with Crippen LogP contribution in [-0.2, 0) is 4.79 Å². The molecular weight excluding hydrogens is 220 g/mol. The van der Waals surface area contributed by atoms with Gasteiger partial charge in [0.05, 0.1) is 0 Å². The monoisotopic (exact) mass is 246 g/mol. The zero-order valence-corrected chi connectivity index (χ0v) is 12.6. The van der Waals surface area contributed by atoms with Crippen LogP contribution in [-0.4, -0.2) is 5.78 Å². The Bertz CT molecular complexity index is 402. The van der Waals surface area contributed by atoms with Crippen molar-refractivity contribution < 1.29 is 4.79 Å². The molecule has 1 heteroatoms. The van der Waals surface area contributed by atoms with E-state index in [1.165, 1.54) is 0 Å². The number of ketones is 1. The Morgan fingerprint density at radius 1 is 1.28 bits per heavy atom. The topological polar surface area (TPSA) is 17.1 Å². The lowest BCUT2D eigenvalue weighted by Gasteiger charge is -2.13. The summed E-state index contributed by atoms with van der Waals surface area (Å²) in [6.07, 6.45) is 2.82. The Labute approximate surface area is 112 Å². The minimum atomic E-state index is 0.103. The van der Waals surface area contributed by atoms with Gasteiger partial charge in [-0.05, 0) is 31.4 Å². The molecule has 0 radical (unpaired) electrons. The second-order valence-corrected chi connectivity index (χ2v) is 4.19. The van der Waals surface area contributed by atoms with E-state index < -0.39 is 0 Å². The van der Waals surface area contributed by atoms with Gasteiger partial charge in [-0.2, -0.15) is 0 Å². The van der Waals surface area contributed by atoms with Gasteiger partial charge in [0.25, 0.3) is 0 Å². The van der Waals surface area contributed by atoms with Crippen molar-refractivity contribution in [3.63, 3.8) is 0 Å². The molecule has 100 valence electrons. The summed E-state index contributed by atoms with van der Waals surface area (Å²) in [6, 6.07) is 8.04. The molecular formula is C17H26O. The summed E-state index contributed by atoms with van der Waals surface area (Å²) in [5, 5.41) is 0. The highest BCUT2D eigenvalue weighted by Crippen LogP contribution is 2.23. The van der Waals surface area contributed by atoms with Crippen LogP contribution in [0.3, 0.4) is 0 Å². The Morgan fingerprint density at radius 3 is 2.28 bits per heavy atom. The van der Waals surface area contributed by atoms with Gasteiger partial charge in [0.1, 0.15) is 0 Å². The Morgan fingerprint density at radius 2 is 1.83 bits per heavy atom. The van der Waals surface area contributed by atoms with Crippen LogP contribution in [0.25, 0.3) is 5.57 Å². The quantitative estimate of drug-likeness (QED) is 0.680. The minimum Gasteiger partial charge on any atom is -0.294 e. The summed E-state index contributed by atoms with van der Waals surface area (Å²) in [6.45, 7) is 12.0. The van der Waals surface area contributed by atoms with E-state index in [1.807, 2.05) is 71.9 Å². The van der Waals surface area contributed by atoms with Gasteiger partial charge in [-0.25, -0.2) is 0 Å². The van der Waals surface area contributed by atoms with Crippen molar-refractivity contribution in [2.75, 3.05) is 0 Å². The van der Waals surface area contributed by atoms with E-state index in [4.69, 9.17) is 0 Å². The predicted octanol–water partition coefficient (Wildman–Crippen LogP) is 5.04. The Balaban J connectivity index is 0.00000137. The van der Waals surface area contributed by atoms with Gasteiger partial charge in [-0.15, -0.1) is 0 Å². The van der Waals surface area contributed by atoms with Crippen molar-refractivity contribution in [1.82, 2.24) is 0 Å². The molecule has 0 aliphatic heterocycles. The molecule has 1 atom stereocenters. The molecule has 1 unspecified atom stereocenters. The SMILES string of the molecule is C/C=C(\C(=O)C(C)CC)c1ccccc1C.CC. The molecule has 0 aliphatic rings. The molecule has 18 heavy (non-hydrogen) atoms. The standard InChI is InChI=1S/C15H20O.C2H6/c1-5-11(3)15(16)13(6-2)14-10-8-7-9-12(14)4;1-2/h6-11H,5H2,1-4H3;1-2H3/b13-6-;. The molecule has 0 aromatic heterocycles. The molecule has 1 aromatic carbocycles. The number of benzene rings is 1. The predicted molar refractivity (Wildman–Crippen MR) is 80.6 cm³/mol. The first kappa shape index (κ1) is 16.6. The van der Waals surface area contributed by atoms with Gasteiger partial charge < -0.3 is 0 Å². The van der Waals surface area contributed by atoms with Crippen LogP contribution < -0.4 is 0 Å². The minimum absolute atomic E-state index is 0.103. The molecule has 0 saturated heterocycles. The van der Waals surface area contributed by atoms with Gasteiger partial charge in [0.15, 0.2) is 5.78 Å². The molecule has 0 amide bonds. The second-order valence-electron chi connectivity index (χ2n) is 4.19. The summed E-state index contributed by atoms with van der Waals surface area (Å²) in [7, 11) is 0. The van der Waals surface area contributed by atoms with Crippen LogP contribution in [0.15, 0.2) is 30.3 Å². The summed E-state index contributed by atoms with van der Waals surface area (Å²) in [5.41, 5.74) is 3.08. The first-order valence-electron chi connectivity index (χ1n) is 6.88. The summed E-state index contributed by atoms with van der Waals surface area (Å²) < 4.78 is 0. The van der Waals surface area contributed by atoms with Crippen molar-refractivity contribution in [2.24, 2.45) is 5.92 Å². The summed E-state index contributed by atoms with van der Waals surface area (Å²) in [5.74, 6) is 0.352. The number of hydrogen-bond donors (Lipinski definition) is 0. The maximum Gasteiger partial charge on any atom is 0.165 e. The number of carbonyl (C=O) groups is 1. The van der Waals surface area contributed by atoms with Crippen LogP contribution >= 0.6 is 0 Å². The first-order valence-corrected chi connectivity index (χ1v) is 6.88. The van der Waals surface area contributed by atoms with E-state index in [0.29, 0.717) is 0 Å². The van der Waals surface area contributed by atoms with Gasteiger partial charge >= 0.3 is 0 Å². The maximum absolute atomic E-state index is 12.2. The fourth-order valence-electron chi connectivity index (χ4n) is 1.76. The zero-order valence-electron chi connectivity index (χ0n) is 12.6. The van der Waals surface area contributed by atoms with Gasteiger partial charge in [-0.1, -0.05) is 58.0 Å². The highest BCUT2D eigenvalue weighted by atomic mass is 16.1. The maximum atomic E-state index is 12.2. The molecule has 0 N–H and O–H groups in total. The van der Waals surface area contributed by atoms with Gasteiger partial charge in [0.2, 0.25) is 0 Å². The molecule has 0 heterocycles. The van der Waals surface area contributed by atoms with Gasteiger partial charge in [-0.3, -0.25) is 4.79 Å². The Kier molecular flexibility index (Phi) is 8.02. The van der Waals surface area contributed by atoms with Crippen LogP contribution in [0.4, 0.5) is 0 Å². The number of allylic oxidation sites excluding steroid dienone is 2. The molecule has 0 saturated carbocycles. The number of Topliss-reactive ketones (excluding diaryl/α,β-unsaturated/α-hetero) is 1. The number of aryl methyl sites for hydroxylation is 1. The van der Waals surface area contributed by atoms with Gasteiger partial charge in [0, 0.05) is 11.5 Å². The van der Waals surface area contributed by atoms with E-state index in [2.05, 4.69) is 0 Å². The van der Waals surface area contributed by atoms with E-state index in [9.17, 15) is 4.79 Å². The lowest BCUT2D eigenvalue weighted by molar-refractivity contribution is -0.116. The normalized spacial score (nSPS) is 12.4. The highest BCUT2D eigenvalue weighted by Gasteiger charge is 2.17. The molecule has 0 bridgehead atoms. The zero-order chi connectivity index (χ0) is 14.1. The van der Waals surface area contributed by atoms with Crippen LogP contribution in [0.2, 0.25) is 0 Å². The summed E-state index contributed by atoms with van der Waals surface area (Å²) in [4.78, 5) is 12.2. The first-order chi connectivity index (χ1) is 8.61. The fraction of sp³-hybridized carbons (Fsp3) is 0.471. The van der Waals surface area contributed by atoms with E-state index in [1.54, 1.807) is 0 Å². The highest BCUT2D eigenvalue weighted by molar-refractivity contribution is 6.21. The largest absolute Gasteiger partial charge is 0.294 e. The number of rotatable bonds is 4.